The molecule has 2 atom stereocenters. The fourth-order valence-corrected chi connectivity index (χ4v) is 2.90. The lowest BCUT2D eigenvalue weighted by atomic mass is 9.99. The van der Waals surface area contributed by atoms with Crippen LogP contribution in [0, 0.1) is 0 Å². The van der Waals surface area contributed by atoms with E-state index in [1.807, 2.05) is 0 Å². The van der Waals surface area contributed by atoms with Gasteiger partial charge in [0.2, 0.25) is 0 Å². The third-order valence-electron chi connectivity index (χ3n) is 4.24. The SMILES string of the molecule is CC[C@@H](N)c1ccccc1N1CCCC(N(C)C)C1. The number of anilines is 1. The second-order valence-corrected chi connectivity index (χ2v) is 5.78. The van der Waals surface area contributed by atoms with E-state index in [-0.39, 0.29) is 6.04 Å². The molecule has 3 heteroatoms. The normalized spacial score (nSPS) is 21.7. The summed E-state index contributed by atoms with van der Waals surface area (Å²) in [5, 5.41) is 0. The van der Waals surface area contributed by atoms with Crippen molar-refractivity contribution < 1.29 is 0 Å². The quantitative estimate of drug-likeness (QED) is 0.904. The minimum absolute atomic E-state index is 0.149. The van der Waals surface area contributed by atoms with Crippen molar-refractivity contribution in [2.75, 3.05) is 32.1 Å². The zero-order chi connectivity index (χ0) is 13.8. The van der Waals surface area contributed by atoms with E-state index in [9.17, 15) is 0 Å². The highest BCUT2D eigenvalue weighted by atomic mass is 15.2. The smallest absolute Gasteiger partial charge is 0.0415 e. The molecule has 0 aromatic heterocycles. The molecule has 3 nitrogen and oxygen atoms in total. The maximum Gasteiger partial charge on any atom is 0.0415 e. The van der Waals surface area contributed by atoms with Crippen molar-refractivity contribution >= 4 is 5.69 Å². The standard InChI is InChI=1S/C16H27N3/c1-4-15(17)14-9-5-6-10-16(14)19-11-7-8-13(12-19)18(2)3/h5-6,9-10,13,15H,4,7-8,11-12,17H2,1-3H3/t13?,15-/m1/s1. The zero-order valence-electron chi connectivity index (χ0n) is 12.5. The molecule has 1 aliphatic rings. The van der Waals surface area contributed by atoms with Gasteiger partial charge in [0.05, 0.1) is 0 Å². The van der Waals surface area contributed by atoms with E-state index in [4.69, 9.17) is 5.73 Å². The van der Waals surface area contributed by atoms with Gasteiger partial charge in [0.15, 0.2) is 0 Å². The zero-order valence-corrected chi connectivity index (χ0v) is 12.5. The van der Waals surface area contributed by atoms with Gasteiger partial charge in [-0.3, -0.25) is 0 Å². The Balaban J connectivity index is 2.21. The maximum atomic E-state index is 6.26. The molecule has 0 amide bonds. The molecule has 1 unspecified atom stereocenters. The molecule has 0 spiro atoms. The van der Waals surface area contributed by atoms with Crippen LogP contribution in [0.4, 0.5) is 5.69 Å². The Kier molecular flexibility index (Phi) is 4.83. The van der Waals surface area contributed by atoms with Crippen LogP contribution in [0.1, 0.15) is 37.8 Å². The van der Waals surface area contributed by atoms with E-state index in [0.717, 1.165) is 19.5 Å². The summed E-state index contributed by atoms with van der Waals surface area (Å²) in [5.41, 5.74) is 8.89. The molecule has 0 saturated carbocycles. The summed E-state index contributed by atoms with van der Waals surface area (Å²) in [7, 11) is 4.36. The van der Waals surface area contributed by atoms with Crippen molar-refractivity contribution in [3.05, 3.63) is 29.8 Å². The first kappa shape index (κ1) is 14.4. The highest BCUT2D eigenvalue weighted by Crippen LogP contribution is 2.29. The van der Waals surface area contributed by atoms with Gasteiger partial charge in [-0.25, -0.2) is 0 Å². The monoisotopic (exact) mass is 261 g/mol. The van der Waals surface area contributed by atoms with Crippen LogP contribution < -0.4 is 10.6 Å². The lowest BCUT2D eigenvalue weighted by Gasteiger charge is -2.38. The summed E-state index contributed by atoms with van der Waals surface area (Å²) in [6.45, 7) is 4.42. The number of nitrogens with two attached hydrogens (primary N) is 1. The lowest BCUT2D eigenvalue weighted by molar-refractivity contribution is 0.258. The fourth-order valence-electron chi connectivity index (χ4n) is 2.90. The number of hydrogen-bond acceptors (Lipinski definition) is 3. The van der Waals surface area contributed by atoms with Crippen LogP contribution >= 0.6 is 0 Å². The van der Waals surface area contributed by atoms with Crippen LogP contribution in [0.3, 0.4) is 0 Å². The first-order chi connectivity index (χ1) is 9.13. The average molecular weight is 261 g/mol. The highest BCUT2D eigenvalue weighted by Gasteiger charge is 2.23. The Hall–Kier alpha value is -1.06. The highest BCUT2D eigenvalue weighted by molar-refractivity contribution is 5.55. The van der Waals surface area contributed by atoms with E-state index in [1.165, 1.54) is 24.1 Å². The number of para-hydroxylation sites is 1. The molecule has 1 heterocycles. The van der Waals surface area contributed by atoms with E-state index in [1.54, 1.807) is 0 Å². The van der Waals surface area contributed by atoms with E-state index < -0.39 is 0 Å². The second-order valence-electron chi connectivity index (χ2n) is 5.78. The Morgan fingerprint density at radius 3 is 2.79 bits per heavy atom. The molecule has 0 radical (unpaired) electrons. The van der Waals surface area contributed by atoms with Gasteiger partial charge < -0.3 is 15.5 Å². The molecule has 2 N–H and O–H groups in total. The molecule has 0 bridgehead atoms. The number of piperidine rings is 1. The minimum atomic E-state index is 0.149. The molecule has 1 aromatic rings. The Bertz CT molecular complexity index is 403. The van der Waals surface area contributed by atoms with Crippen LogP contribution in [0.5, 0.6) is 0 Å². The predicted octanol–water partition coefficient (Wildman–Crippen LogP) is 2.63. The second kappa shape index (κ2) is 6.40. The summed E-state index contributed by atoms with van der Waals surface area (Å²) in [5.74, 6) is 0. The van der Waals surface area contributed by atoms with Gasteiger partial charge in [-0.2, -0.15) is 0 Å². The van der Waals surface area contributed by atoms with Gasteiger partial charge >= 0.3 is 0 Å². The summed E-state index contributed by atoms with van der Waals surface area (Å²) >= 11 is 0. The van der Waals surface area contributed by atoms with Crippen LogP contribution in [-0.2, 0) is 0 Å². The number of hydrogen-bond donors (Lipinski definition) is 1. The topological polar surface area (TPSA) is 32.5 Å². The third-order valence-corrected chi connectivity index (χ3v) is 4.24. The van der Waals surface area contributed by atoms with Crippen LogP contribution in [0.15, 0.2) is 24.3 Å². The van der Waals surface area contributed by atoms with Crippen molar-refractivity contribution in [3.8, 4) is 0 Å². The van der Waals surface area contributed by atoms with Crippen LogP contribution in [0.2, 0.25) is 0 Å². The van der Waals surface area contributed by atoms with Gasteiger partial charge in [0.1, 0.15) is 0 Å². The fraction of sp³-hybridized carbons (Fsp3) is 0.625. The maximum absolute atomic E-state index is 6.26. The summed E-state index contributed by atoms with van der Waals surface area (Å²) < 4.78 is 0. The van der Waals surface area contributed by atoms with Gasteiger partial charge in [0.25, 0.3) is 0 Å². The summed E-state index contributed by atoms with van der Waals surface area (Å²) in [4.78, 5) is 4.85. The molecule has 1 fully saturated rings. The van der Waals surface area contributed by atoms with Crippen molar-refractivity contribution in [2.24, 2.45) is 5.73 Å². The van der Waals surface area contributed by atoms with Gasteiger partial charge in [-0.1, -0.05) is 25.1 Å². The average Bonchev–Trinajstić information content (AvgIpc) is 2.46. The Morgan fingerprint density at radius 2 is 2.11 bits per heavy atom. The number of rotatable bonds is 4. The molecule has 1 aromatic carbocycles. The van der Waals surface area contributed by atoms with Gasteiger partial charge in [-0.15, -0.1) is 0 Å². The molecular weight excluding hydrogens is 234 g/mol. The van der Waals surface area contributed by atoms with Crippen molar-refractivity contribution in [3.63, 3.8) is 0 Å². The van der Waals surface area contributed by atoms with Crippen LogP contribution in [-0.4, -0.2) is 38.1 Å². The first-order valence-electron chi connectivity index (χ1n) is 7.39. The number of benzene rings is 1. The Labute approximate surface area is 117 Å². The largest absolute Gasteiger partial charge is 0.370 e. The van der Waals surface area contributed by atoms with E-state index in [0.29, 0.717) is 6.04 Å². The predicted molar refractivity (Wildman–Crippen MR) is 82.6 cm³/mol. The lowest BCUT2D eigenvalue weighted by Crippen LogP contribution is -2.45. The molecule has 19 heavy (non-hydrogen) atoms. The molecular formula is C16H27N3. The van der Waals surface area contributed by atoms with E-state index >= 15 is 0 Å². The molecule has 1 saturated heterocycles. The number of nitrogens with zero attached hydrogens (tertiary/aromatic N) is 2. The van der Waals surface area contributed by atoms with E-state index in [2.05, 4.69) is 55.1 Å². The first-order valence-corrected chi connectivity index (χ1v) is 7.39. The third kappa shape index (κ3) is 3.28. The minimum Gasteiger partial charge on any atom is -0.370 e. The molecule has 2 rings (SSSR count). The molecule has 0 aliphatic carbocycles. The van der Waals surface area contributed by atoms with Crippen molar-refractivity contribution in [1.29, 1.82) is 0 Å². The van der Waals surface area contributed by atoms with Gasteiger partial charge in [0, 0.05) is 30.9 Å². The Morgan fingerprint density at radius 1 is 1.37 bits per heavy atom. The summed E-state index contributed by atoms with van der Waals surface area (Å²) in [6.07, 6.45) is 3.55. The van der Waals surface area contributed by atoms with Crippen molar-refractivity contribution in [2.45, 2.75) is 38.3 Å². The summed E-state index contributed by atoms with van der Waals surface area (Å²) in [6, 6.07) is 9.43. The van der Waals surface area contributed by atoms with Crippen molar-refractivity contribution in [1.82, 2.24) is 4.90 Å². The van der Waals surface area contributed by atoms with Crippen LogP contribution in [0.25, 0.3) is 0 Å². The molecule has 106 valence electrons. The van der Waals surface area contributed by atoms with Gasteiger partial charge in [-0.05, 0) is 45.0 Å². The molecule has 1 aliphatic heterocycles. The number of likely N-dealkylation sites (N-methyl/N-ethyl adjacent to an activating group) is 1.